The lowest BCUT2D eigenvalue weighted by Gasteiger charge is -1.99. The molecule has 12 heavy (non-hydrogen) atoms. The van der Waals surface area contributed by atoms with Crippen LogP contribution in [0.15, 0.2) is 35.4 Å². The minimum Gasteiger partial charge on any atom is -0.288 e. The van der Waals surface area contributed by atoms with Crippen molar-refractivity contribution in [2.45, 2.75) is 6.42 Å². The van der Waals surface area contributed by atoms with E-state index in [0.29, 0.717) is 0 Å². The van der Waals surface area contributed by atoms with Crippen molar-refractivity contribution in [3.05, 3.63) is 35.9 Å². The molecule has 0 aromatic heterocycles. The van der Waals surface area contributed by atoms with Gasteiger partial charge in [0, 0.05) is 6.42 Å². The van der Waals surface area contributed by atoms with Crippen LogP contribution in [0.2, 0.25) is 0 Å². The number of rotatable bonds is 2. The van der Waals surface area contributed by atoms with Crippen LogP contribution in [0.5, 0.6) is 0 Å². The van der Waals surface area contributed by atoms with E-state index < -0.39 is 0 Å². The third kappa shape index (κ3) is 1.54. The number of hydrogen-bond donors (Lipinski definition) is 3. The summed E-state index contributed by atoms with van der Waals surface area (Å²) in [4.78, 5) is 0. The molecule has 1 aromatic rings. The Hall–Kier alpha value is -1.55. The third-order valence-corrected chi connectivity index (χ3v) is 1.67. The highest BCUT2D eigenvalue weighted by atomic mass is 15.8. The van der Waals surface area contributed by atoms with E-state index in [1.54, 1.807) is 0 Å². The molecule has 0 unspecified atom stereocenters. The number of benzene rings is 1. The molecule has 0 radical (unpaired) electrons. The van der Waals surface area contributed by atoms with Gasteiger partial charge >= 0.3 is 0 Å². The lowest BCUT2D eigenvalue weighted by molar-refractivity contribution is 0.576. The van der Waals surface area contributed by atoms with Crippen LogP contribution in [0.3, 0.4) is 0 Å². The highest BCUT2D eigenvalue weighted by molar-refractivity contribution is 5.84. The van der Waals surface area contributed by atoms with E-state index in [4.69, 9.17) is 0 Å². The average Bonchev–Trinajstić information content (AvgIpc) is 2.59. The van der Waals surface area contributed by atoms with Gasteiger partial charge in [0.25, 0.3) is 0 Å². The molecule has 1 heterocycles. The van der Waals surface area contributed by atoms with Gasteiger partial charge in [0.2, 0.25) is 0 Å². The van der Waals surface area contributed by atoms with Crippen molar-refractivity contribution < 1.29 is 0 Å². The van der Waals surface area contributed by atoms with Crippen molar-refractivity contribution in [2.75, 3.05) is 0 Å². The van der Waals surface area contributed by atoms with Crippen LogP contribution in [0.1, 0.15) is 5.56 Å². The highest BCUT2D eigenvalue weighted by Gasteiger charge is 2.03. The van der Waals surface area contributed by atoms with Gasteiger partial charge < -0.3 is 0 Å². The van der Waals surface area contributed by atoms with Crippen molar-refractivity contribution in [1.29, 1.82) is 0 Å². The van der Waals surface area contributed by atoms with E-state index in [0.717, 1.165) is 12.3 Å². The SMILES string of the molecule is c1ccc(CC2=NNNN2)cc1. The van der Waals surface area contributed by atoms with Gasteiger partial charge in [-0.3, -0.25) is 5.43 Å². The first-order chi connectivity index (χ1) is 5.95. The van der Waals surface area contributed by atoms with E-state index >= 15 is 0 Å². The molecule has 0 saturated carbocycles. The van der Waals surface area contributed by atoms with Gasteiger partial charge in [-0.15, -0.1) is 10.6 Å². The zero-order valence-corrected chi connectivity index (χ0v) is 6.54. The Balaban J connectivity index is 2.04. The first kappa shape index (κ1) is 7.12. The maximum Gasteiger partial charge on any atom is 0.143 e. The summed E-state index contributed by atoms with van der Waals surface area (Å²) in [7, 11) is 0. The number of hydrogen-bond acceptors (Lipinski definition) is 4. The highest BCUT2D eigenvalue weighted by Crippen LogP contribution is 1.99. The minimum atomic E-state index is 0.820. The fraction of sp³-hybridized carbons (Fsp3) is 0.125. The molecule has 62 valence electrons. The predicted octanol–water partition coefficient (Wildman–Crippen LogP) is 0.155. The van der Waals surface area contributed by atoms with Crippen molar-refractivity contribution in [2.24, 2.45) is 5.10 Å². The van der Waals surface area contributed by atoms with Crippen molar-refractivity contribution >= 4 is 5.84 Å². The molecular weight excluding hydrogens is 152 g/mol. The van der Waals surface area contributed by atoms with E-state index in [-0.39, 0.29) is 0 Å². The third-order valence-electron chi connectivity index (χ3n) is 1.67. The van der Waals surface area contributed by atoms with E-state index in [1.165, 1.54) is 5.56 Å². The molecule has 1 aliphatic rings. The number of nitrogens with one attached hydrogen (secondary N) is 3. The Morgan fingerprint density at radius 3 is 2.67 bits per heavy atom. The Morgan fingerprint density at radius 1 is 1.17 bits per heavy atom. The van der Waals surface area contributed by atoms with Crippen LogP contribution in [-0.2, 0) is 6.42 Å². The van der Waals surface area contributed by atoms with Crippen LogP contribution >= 0.6 is 0 Å². The summed E-state index contributed by atoms with van der Waals surface area (Å²) in [5.74, 6) is 0.904. The largest absolute Gasteiger partial charge is 0.288 e. The van der Waals surface area contributed by atoms with Gasteiger partial charge in [-0.25, -0.2) is 5.53 Å². The lowest BCUT2D eigenvalue weighted by atomic mass is 10.1. The fourth-order valence-electron chi connectivity index (χ4n) is 1.10. The fourth-order valence-corrected chi connectivity index (χ4v) is 1.10. The molecule has 0 spiro atoms. The Kier molecular flexibility index (Phi) is 1.92. The Bertz CT molecular complexity index is 280. The summed E-state index contributed by atoms with van der Waals surface area (Å²) < 4.78 is 0. The lowest BCUT2D eigenvalue weighted by Crippen LogP contribution is -2.35. The normalized spacial score (nSPS) is 14.8. The zero-order chi connectivity index (χ0) is 8.23. The molecule has 0 amide bonds. The number of hydrazone groups is 1. The zero-order valence-electron chi connectivity index (χ0n) is 6.54. The molecule has 0 atom stereocenters. The van der Waals surface area contributed by atoms with Crippen molar-refractivity contribution in [3.8, 4) is 0 Å². The molecule has 0 bridgehead atoms. The van der Waals surface area contributed by atoms with Crippen LogP contribution in [0.25, 0.3) is 0 Å². The monoisotopic (exact) mass is 162 g/mol. The first-order valence-electron chi connectivity index (χ1n) is 3.82. The van der Waals surface area contributed by atoms with E-state index in [1.807, 2.05) is 18.2 Å². The van der Waals surface area contributed by atoms with Gasteiger partial charge in [-0.05, 0) is 5.56 Å². The van der Waals surface area contributed by atoms with E-state index in [9.17, 15) is 0 Å². The maximum absolute atomic E-state index is 3.98. The van der Waals surface area contributed by atoms with E-state index in [2.05, 4.69) is 33.7 Å². The molecule has 0 aliphatic carbocycles. The summed E-state index contributed by atoms with van der Waals surface area (Å²) >= 11 is 0. The Labute approximate surface area is 70.6 Å². The molecule has 4 nitrogen and oxygen atoms in total. The number of amidine groups is 1. The summed E-state index contributed by atoms with van der Waals surface area (Å²) in [6.07, 6.45) is 0.820. The summed E-state index contributed by atoms with van der Waals surface area (Å²) in [6, 6.07) is 10.2. The Morgan fingerprint density at radius 2 is 2.00 bits per heavy atom. The van der Waals surface area contributed by atoms with Crippen LogP contribution in [0, 0.1) is 0 Å². The van der Waals surface area contributed by atoms with Gasteiger partial charge in [-0.1, -0.05) is 30.3 Å². The summed E-state index contributed by atoms with van der Waals surface area (Å²) in [5, 5.41) is 3.98. The first-order valence-corrected chi connectivity index (χ1v) is 3.82. The maximum atomic E-state index is 3.98. The van der Waals surface area contributed by atoms with Crippen molar-refractivity contribution in [1.82, 2.24) is 16.5 Å². The van der Waals surface area contributed by atoms with Crippen LogP contribution in [0.4, 0.5) is 0 Å². The predicted molar refractivity (Wildman–Crippen MR) is 47.0 cm³/mol. The summed E-state index contributed by atoms with van der Waals surface area (Å²) in [6.45, 7) is 0. The molecule has 1 aromatic carbocycles. The van der Waals surface area contributed by atoms with Gasteiger partial charge in [0.1, 0.15) is 5.84 Å². The molecular formula is C8H10N4. The average molecular weight is 162 g/mol. The topological polar surface area (TPSA) is 48.5 Å². The quantitative estimate of drug-likeness (QED) is 0.580. The second kappa shape index (κ2) is 3.23. The minimum absolute atomic E-state index is 0.820. The second-order valence-electron chi connectivity index (χ2n) is 2.58. The molecule has 2 rings (SSSR count). The molecule has 0 fully saturated rings. The van der Waals surface area contributed by atoms with Crippen LogP contribution < -0.4 is 16.5 Å². The second-order valence-corrected chi connectivity index (χ2v) is 2.58. The molecule has 4 heteroatoms. The van der Waals surface area contributed by atoms with Gasteiger partial charge in [0.15, 0.2) is 0 Å². The van der Waals surface area contributed by atoms with Gasteiger partial charge in [-0.2, -0.15) is 0 Å². The van der Waals surface area contributed by atoms with Crippen molar-refractivity contribution in [3.63, 3.8) is 0 Å². The smallest absolute Gasteiger partial charge is 0.143 e. The summed E-state index contributed by atoms with van der Waals surface area (Å²) in [5.41, 5.74) is 9.45. The standard InChI is InChI=1S/C8H10N4/c1-2-4-7(5-3-1)6-8-9-11-12-10-8/h1-5,11-12H,6H2,(H,9,10). The molecule has 1 aliphatic heterocycles. The van der Waals surface area contributed by atoms with Crippen LogP contribution in [-0.4, -0.2) is 5.84 Å². The van der Waals surface area contributed by atoms with Gasteiger partial charge in [0.05, 0.1) is 0 Å². The number of nitrogens with zero attached hydrogens (tertiary/aromatic N) is 1. The molecule has 3 N–H and O–H groups in total. The number of hydrazine groups is 2. The molecule has 0 saturated heterocycles.